The number of carboxylic acid groups (broad SMARTS) is 1. The van der Waals surface area contributed by atoms with Crippen LogP contribution in [-0.4, -0.2) is 17.6 Å². The molecule has 14 heavy (non-hydrogen) atoms. The number of fused-ring (bicyclic) bond motifs is 1. The van der Waals surface area contributed by atoms with Crippen LogP contribution >= 0.6 is 0 Å². The summed E-state index contributed by atoms with van der Waals surface area (Å²) in [7, 11) is 0. The first-order valence-electron chi connectivity index (χ1n) is 4.53. The van der Waals surface area contributed by atoms with Gasteiger partial charge >= 0.3 is 5.97 Å². The van der Waals surface area contributed by atoms with Gasteiger partial charge in [0.2, 0.25) is 0 Å². The van der Waals surface area contributed by atoms with E-state index in [4.69, 9.17) is 10.8 Å². The molecule has 0 aromatic heterocycles. The molecule has 0 saturated heterocycles. The summed E-state index contributed by atoms with van der Waals surface area (Å²) in [6, 6.07) is 4.79. The zero-order valence-electron chi connectivity index (χ0n) is 7.66. The minimum absolute atomic E-state index is 0.584. The molecule has 0 radical (unpaired) electrons. The van der Waals surface area contributed by atoms with Gasteiger partial charge in [0, 0.05) is 12.2 Å². The van der Waals surface area contributed by atoms with Gasteiger partial charge in [0.15, 0.2) is 0 Å². The Hall–Kier alpha value is -1.55. The van der Waals surface area contributed by atoms with Crippen LogP contribution in [0.4, 0.5) is 5.69 Å². The molecule has 1 aromatic carbocycles. The molecule has 1 aliphatic heterocycles. The molecule has 1 heterocycles. The van der Waals surface area contributed by atoms with Crippen LogP contribution in [0.25, 0.3) is 0 Å². The normalized spacial score (nSPS) is 20.1. The molecular weight excluding hydrogens is 180 g/mol. The number of aliphatic carboxylic acids is 1. The summed E-state index contributed by atoms with van der Waals surface area (Å²) in [5.74, 6) is -0.837. The Balaban J connectivity index is 2.44. The fraction of sp³-hybridized carbons (Fsp3) is 0.300. The highest BCUT2D eigenvalue weighted by Crippen LogP contribution is 2.24. The van der Waals surface area contributed by atoms with Crippen LogP contribution in [0.2, 0.25) is 0 Å². The van der Waals surface area contributed by atoms with E-state index in [2.05, 4.69) is 5.32 Å². The largest absolute Gasteiger partial charge is 0.480 e. The van der Waals surface area contributed by atoms with Crippen LogP contribution in [0.1, 0.15) is 17.2 Å². The van der Waals surface area contributed by atoms with E-state index in [1.54, 1.807) is 12.1 Å². The van der Waals surface area contributed by atoms with Crippen molar-refractivity contribution in [1.82, 2.24) is 5.32 Å². The van der Waals surface area contributed by atoms with Gasteiger partial charge in [0.25, 0.3) is 0 Å². The molecule has 4 heteroatoms. The van der Waals surface area contributed by atoms with E-state index in [9.17, 15) is 4.79 Å². The quantitative estimate of drug-likeness (QED) is 0.568. The lowest BCUT2D eigenvalue weighted by molar-refractivity contribution is -0.139. The van der Waals surface area contributed by atoms with E-state index < -0.39 is 12.0 Å². The zero-order valence-corrected chi connectivity index (χ0v) is 7.66. The summed E-state index contributed by atoms with van der Waals surface area (Å²) in [5, 5.41) is 11.9. The second-order valence-corrected chi connectivity index (χ2v) is 3.43. The average Bonchev–Trinajstić information content (AvgIpc) is 2.16. The lowest BCUT2D eigenvalue weighted by atomic mass is 9.94. The summed E-state index contributed by atoms with van der Waals surface area (Å²) in [6.45, 7) is 0.688. The Bertz CT molecular complexity index is 376. The average molecular weight is 192 g/mol. The van der Waals surface area contributed by atoms with Crippen LogP contribution in [0.15, 0.2) is 18.2 Å². The number of nitrogen functional groups attached to an aromatic ring is 1. The van der Waals surface area contributed by atoms with Crippen LogP contribution < -0.4 is 11.1 Å². The van der Waals surface area contributed by atoms with Crippen molar-refractivity contribution in [2.45, 2.75) is 12.5 Å². The number of nitrogens with two attached hydrogens (primary N) is 1. The Kier molecular flexibility index (Phi) is 2.13. The minimum atomic E-state index is -0.837. The van der Waals surface area contributed by atoms with Crippen molar-refractivity contribution in [2.24, 2.45) is 0 Å². The maximum Gasteiger partial charge on any atom is 0.325 e. The Labute approximate surface area is 81.7 Å². The molecule has 0 aliphatic carbocycles. The number of rotatable bonds is 1. The highest BCUT2D eigenvalue weighted by molar-refractivity contribution is 5.77. The monoisotopic (exact) mass is 192 g/mol. The standard InChI is InChI=1S/C10H12N2O2/c11-7-1-2-8-6(5-7)3-4-12-9(8)10(13)14/h1-2,5,9,12H,3-4,11H2,(H,13,14). The topological polar surface area (TPSA) is 75.3 Å². The van der Waals surface area contributed by atoms with E-state index >= 15 is 0 Å². The van der Waals surface area contributed by atoms with Crippen molar-refractivity contribution in [1.29, 1.82) is 0 Å². The smallest absolute Gasteiger partial charge is 0.325 e. The van der Waals surface area contributed by atoms with Gasteiger partial charge in [0.05, 0.1) is 0 Å². The second-order valence-electron chi connectivity index (χ2n) is 3.43. The molecule has 0 amide bonds. The predicted octanol–water partition coefficient (Wildman–Crippen LogP) is 0.540. The van der Waals surface area contributed by atoms with Crippen LogP contribution in [0.3, 0.4) is 0 Å². The summed E-state index contributed by atoms with van der Waals surface area (Å²) < 4.78 is 0. The molecule has 1 aliphatic rings. The van der Waals surface area contributed by atoms with Gasteiger partial charge in [-0.2, -0.15) is 0 Å². The lowest BCUT2D eigenvalue weighted by Crippen LogP contribution is -2.34. The van der Waals surface area contributed by atoms with Crippen molar-refractivity contribution in [2.75, 3.05) is 12.3 Å². The molecule has 0 fully saturated rings. The van der Waals surface area contributed by atoms with Crippen molar-refractivity contribution < 1.29 is 9.90 Å². The third kappa shape index (κ3) is 1.44. The van der Waals surface area contributed by atoms with Crippen molar-refractivity contribution in [3.63, 3.8) is 0 Å². The van der Waals surface area contributed by atoms with E-state index in [1.807, 2.05) is 6.07 Å². The first kappa shape index (κ1) is 9.02. The highest BCUT2D eigenvalue weighted by Gasteiger charge is 2.25. The first-order valence-corrected chi connectivity index (χ1v) is 4.53. The molecule has 74 valence electrons. The molecule has 0 saturated carbocycles. The van der Waals surface area contributed by atoms with E-state index in [-0.39, 0.29) is 0 Å². The van der Waals surface area contributed by atoms with Gasteiger partial charge < -0.3 is 16.2 Å². The summed E-state index contributed by atoms with van der Waals surface area (Å²) in [4.78, 5) is 10.9. The molecule has 1 aromatic rings. The summed E-state index contributed by atoms with van der Waals surface area (Å²) in [5.41, 5.74) is 8.19. The summed E-state index contributed by atoms with van der Waals surface area (Å²) in [6.07, 6.45) is 0.837. The fourth-order valence-electron chi connectivity index (χ4n) is 1.81. The summed E-state index contributed by atoms with van der Waals surface area (Å²) >= 11 is 0. The maximum absolute atomic E-state index is 10.9. The Morgan fingerprint density at radius 2 is 2.36 bits per heavy atom. The molecule has 4 N–H and O–H groups in total. The van der Waals surface area contributed by atoms with Crippen LogP contribution in [0.5, 0.6) is 0 Å². The number of nitrogens with one attached hydrogen (secondary N) is 1. The number of carbonyl (C=O) groups is 1. The van der Waals surface area contributed by atoms with Crippen molar-refractivity contribution >= 4 is 11.7 Å². The molecule has 0 bridgehead atoms. The number of anilines is 1. The van der Waals surface area contributed by atoms with Gasteiger partial charge in [-0.3, -0.25) is 4.79 Å². The molecule has 2 rings (SSSR count). The van der Waals surface area contributed by atoms with Gasteiger partial charge in [-0.05, 0) is 29.7 Å². The number of carboxylic acids is 1. The van der Waals surface area contributed by atoms with Gasteiger partial charge in [-0.1, -0.05) is 6.07 Å². The molecular formula is C10H12N2O2. The Morgan fingerprint density at radius 1 is 1.57 bits per heavy atom. The SMILES string of the molecule is Nc1ccc2c(c1)CCNC2C(=O)O. The van der Waals surface area contributed by atoms with Crippen LogP contribution in [-0.2, 0) is 11.2 Å². The lowest BCUT2D eigenvalue weighted by Gasteiger charge is -2.23. The number of benzene rings is 1. The van der Waals surface area contributed by atoms with Gasteiger partial charge in [-0.15, -0.1) is 0 Å². The van der Waals surface area contributed by atoms with E-state index in [1.165, 1.54) is 0 Å². The third-order valence-corrected chi connectivity index (χ3v) is 2.47. The second kappa shape index (κ2) is 3.31. The minimum Gasteiger partial charge on any atom is -0.480 e. The third-order valence-electron chi connectivity index (χ3n) is 2.47. The first-order chi connectivity index (χ1) is 6.68. The van der Waals surface area contributed by atoms with Gasteiger partial charge in [-0.25, -0.2) is 0 Å². The molecule has 1 unspecified atom stereocenters. The zero-order chi connectivity index (χ0) is 10.1. The van der Waals surface area contributed by atoms with Crippen LogP contribution in [0, 0.1) is 0 Å². The van der Waals surface area contributed by atoms with E-state index in [0.29, 0.717) is 12.2 Å². The molecule has 1 atom stereocenters. The number of hydrogen-bond acceptors (Lipinski definition) is 3. The Morgan fingerprint density at radius 3 is 3.07 bits per heavy atom. The van der Waals surface area contributed by atoms with E-state index in [0.717, 1.165) is 17.5 Å². The van der Waals surface area contributed by atoms with Crippen molar-refractivity contribution in [3.8, 4) is 0 Å². The van der Waals surface area contributed by atoms with Crippen molar-refractivity contribution in [3.05, 3.63) is 29.3 Å². The fourth-order valence-corrected chi connectivity index (χ4v) is 1.81. The predicted molar refractivity (Wildman–Crippen MR) is 52.9 cm³/mol. The highest BCUT2D eigenvalue weighted by atomic mass is 16.4. The van der Waals surface area contributed by atoms with Gasteiger partial charge in [0.1, 0.15) is 6.04 Å². The maximum atomic E-state index is 10.9. The molecule has 0 spiro atoms. The number of hydrogen-bond donors (Lipinski definition) is 3. The molecule has 4 nitrogen and oxygen atoms in total.